The molecule has 7 heavy (non-hydrogen) atoms. The lowest BCUT2D eigenvalue weighted by Crippen LogP contribution is -2.16. The Morgan fingerprint density at radius 3 is 2.43 bits per heavy atom. The van der Waals surface area contributed by atoms with Gasteiger partial charge in [-0.05, 0) is 26.3 Å². The maximum atomic E-state index is 3.32. The van der Waals surface area contributed by atoms with Crippen LogP contribution in [-0.4, -0.2) is 12.6 Å². The summed E-state index contributed by atoms with van der Waals surface area (Å²) in [6, 6.07) is 0.796. The van der Waals surface area contributed by atoms with Crippen LogP contribution in [0.15, 0.2) is 0 Å². The van der Waals surface area contributed by atoms with Crippen molar-refractivity contribution < 1.29 is 0 Å². The molecule has 0 bridgehead atoms. The van der Waals surface area contributed by atoms with Gasteiger partial charge in [0.1, 0.15) is 0 Å². The monoisotopic (exact) mass is 101 g/mol. The van der Waals surface area contributed by atoms with E-state index in [1.54, 1.807) is 0 Å². The lowest BCUT2D eigenvalue weighted by Gasteiger charge is -1.95. The van der Waals surface area contributed by atoms with E-state index in [1.165, 1.54) is 19.4 Å². The maximum Gasteiger partial charge on any atom is 0.00391 e. The second-order valence-electron chi connectivity index (χ2n) is 2.00. The van der Waals surface area contributed by atoms with Crippen molar-refractivity contribution in [2.75, 3.05) is 6.54 Å². The van der Waals surface area contributed by atoms with Crippen LogP contribution in [0.2, 0.25) is 0 Å². The van der Waals surface area contributed by atoms with E-state index < -0.39 is 0 Å². The quantitative estimate of drug-likeness (QED) is 0.486. The Balaban J connectivity index is 0.000000360. The number of hydrogen-bond donors (Lipinski definition) is 1. The topological polar surface area (TPSA) is 12.0 Å². The first kappa shape index (κ1) is 6.96. The van der Waals surface area contributed by atoms with Gasteiger partial charge in [0.15, 0.2) is 0 Å². The zero-order valence-electron chi connectivity index (χ0n) is 4.20. The highest BCUT2D eigenvalue weighted by Gasteiger charge is 2.05. The largest absolute Gasteiger partial charge is 0.314 e. The summed E-state index contributed by atoms with van der Waals surface area (Å²) in [5, 5.41) is 3.32. The van der Waals surface area contributed by atoms with Gasteiger partial charge in [-0.1, -0.05) is 7.43 Å². The fraction of sp³-hybridized carbons (Fsp3) is 1.00. The molecule has 1 aliphatic rings. The third-order valence-electron chi connectivity index (χ3n) is 1.31. The van der Waals surface area contributed by atoms with Gasteiger partial charge in [-0.25, -0.2) is 0 Å². The van der Waals surface area contributed by atoms with Gasteiger partial charge >= 0.3 is 0 Å². The Morgan fingerprint density at radius 1 is 1.57 bits per heavy atom. The summed E-state index contributed by atoms with van der Waals surface area (Å²) in [7, 11) is 0. The van der Waals surface area contributed by atoms with Crippen LogP contribution in [0.1, 0.15) is 27.2 Å². The zero-order valence-corrected chi connectivity index (χ0v) is 4.20. The Hall–Kier alpha value is -0.0400. The summed E-state index contributed by atoms with van der Waals surface area (Å²) < 4.78 is 0. The van der Waals surface area contributed by atoms with Crippen molar-refractivity contribution in [3.63, 3.8) is 0 Å². The van der Waals surface area contributed by atoms with Crippen molar-refractivity contribution in [1.82, 2.24) is 5.32 Å². The van der Waals surface area contributed by atoms with Crippen LogP contribution in [0.25, 0.3) is 0 Å². The van der Waals surface area contributed by atoms with Crippen LogP contribution in [0.4, 0.5) is 0 Å². The van der Waals surface area contributed by atoms with Gasteiger partial charge in [-0.3, -0.25) is 0 Å². The van der Waals surface area contributed by atoms with Crippen molar-refractivity contribution in [3.05, 3.63) is 0 Å². The molecule has 1 heterocycles. The number of rotatable bonds is 0. The lowest BCUT2D eigenvalue weighted by molar-refractivity contribution is 0.664. The molecule has 44 valence electrons. The molecule has 0 saturated carbocycles. The van der Waals surface area contributed by atoms with Crippen LogP contribution in [0.3, 0.4) is 0 Å². The van der Waals surface area contributed by atoms with Gasteiger partial charge in [-0.2, -0.15) is 0 Å². The summed E-state index contributed by atoms with van der Waals surface area (Å²) in [5.74, 6) is 0. The fourth-order valence-electron chi connectivity index (χ4n) is 0.859. The van der Waals surface area contributed by atoms with Crippen molar-refractivity contribution in [2.45, 2.75) is 33.2 Å². The average molecular weight is 101 g/mol. The molecule has 1 atom stereocenters. The van der Waals surface area contributed by atoms with E-state index in [1.807, 2.05) is 0 Å². The molecule has 0 aromatic rings. The minimum Gasteiger partial charge on any atom is -0.314 e. The van der Waals surface area contributed by atoms with Crippen LogP contribution < -0.4 is 5.32 Å². The summed E-state index contributed by atoms with van der Waals surface area (Å²) in [5.41, 5.74) is 0. The third kappa shape index (κ3) is 1.93. The van der Waals surface area contributed by atoms with E-state index in [0.717, 1.165) is 6.04 Å². The molecule has 1 rings (SSSR count). The summed E-state index contributed by atoms with van der Waals surface area (Å²) in [6.45, 7) is 3.47. The highest BCUT2D eigenvalue weighted by Crippen LogP contribution is 2.01. The molecule has 0 spiro atoms. The molecule has 1 saturated heterocycles. The molecule has 1 heteroatoms. The second-order valence-corrected chi connectivity index (χ2v) is 2.00. The molecule has 0 aromatic carbocycles. The Labute approximate surface area is 46.1 Å². The molecule has 1 N–H and O–H groups in total. The Bertz CT molecular complexity index is 37.4. The normalized spacial score (nSPS) is 29.6. The van der Waals surface area contributed by atoms with Crippen LogP contribution in [0.5, 0.6) is 0 Å². The molecular weight excluding hydrogens is 86.1 g/mol. The van der Waals surface area contributed by atoms with Gasteiger partial charge in [-0.15, -0.1) is 0 Å². The molecule has 0 aromatic heterocycles. The summed E-state index contributed by atoms with van der Waals surface area (Å²) in [6.07, 6.45) is 2.75. The summed E-state index contributed by atoms with van der Waals surface area (Å²) >= 11 is 0. The second kappa shape index (κ2) is 3.03. The van der Waals surface area contributed by atoms with Crippen LogP contribution in [-0.2, 0) is 0 Å². The SMILES string of the molecule is C.CC1CCCN1. The van der Waals surface area contributed by atoms with Gasteiger partial charge in [0.05, 0.1) is 0 Å². The van der Waals surface area contributed by atoms with E-state index in [4.69, 9.17) is 0 Å². The Morgan fingerprint density at radius 2 is 2.29 bits per heavy atom. The van der Waals surface area contributed by atoms with E-state index in [2.05, 4.69) is 12.2 Å². The third-order valence-corrected chi connectivity index (χ3v) is 1.31. The molecular formula is C6H15N. The average Bonchev–Trinajstić information content (AvgIpc) is 1.86. The van der Waals surface area contributed by atoms with Gasteiger partial charge < -0.3 is 5.32 Å². The zero-order chi connectivity index (χ0) is 4.41. The maximum absolute atomic E-state index is 3.32. The highest BCUT2D eigenvalue weighted by atomic mass is 14.9. The standard InChI is InChI=1S/C5H11N.CH4/c1-5-3-2-4-6-5;/h5-6H,2-4H2,1H3;1H4. The van der Waals surface area contributed by atoms with Crippen molar-refractivity contribution in [2.24, 2.45) is 0 Å². The molecule has 1 aliphatic heterocycles. The van der Waals surface area contributed by atoms with Gasteiger partial charge in [0, 0.05) is 6.04 Å². The van der Waals surface area contributed by atoms with Crippen molar-refractivity contribution >= 4 is 0 Å². The molecule has 0 radical (unpaired) electrons. The van der Waals surface area contributed by atoms with E-state index in [0.29, 0.717) is 0 Å². The number of nitrogens with one attached hydrogen (secondary N) is 1. The smallest absolute Gasteiger partial charge is 0.00391 e. The molecule has 0 aliphatic carbocycles. The first-order chi connectivity index (χ1) is 2.89. The van der Waals surface area contributed by atoms with Crippen molar-refractivity contribution in [3.8, 4) is 0 Å². The number of hydrogen-bond acceptors (Lipinski definition) is 1. The van der Waals surface area contributed by atoms with E-state index in [9.17, 15) is 0 Å². The predicted octanol–water partition coefficient (Wildman–Crippen LogP) is 1.39. The van der Waals surface area contributed by atoms with Crippen molar-refractivity contribution in [1.29, 1.82) is 0 Å². The first-order valence-corrected chi connectivity index (χ1v) is 2.63. The minimum absolute atomic E-state index is 0. The molecule has 1 unspecified atom stereocenters. The fourth-order valence-corrected chi connectivity index (χ4v) is 0.859. The predicted molar refractivity (Wildman–Crippen MR) is 33.4 cm³/mol. The molecule has 1 fully saturated rings. The van der Waals surface area contributed by atoms with Crippen LogP contribution >= 0.6 is 0 Å². The van der Waals surface area contributed by atoms with E-state index >= 15 is 0 Å². The van der Waals surface area contributed by atoms with Crippen LogP contribution in [0, 0.1) is 0 Å². The van der Waals surface area contributed by atoms with Gasteiger partial charge in [0.25, 0.3) is 0 Å². The summed E-state index contributed by atoms with van der Waals surface area (Å²) in [4.78, 5) is 0. The Kier molecular flexibility index (Phi) is 3.01. The first-order valence-electron chi connectivity index (χ1n) is 2.63. The van der Waals surface area contributed by atoms with E-state index in [-0.39, 0.29) is 7.43 Å². The molecule has 0 amide bonds. The van der Waals surface area contributed by atoms with Gasteiger partial charge in [0.2, 0.25) is 0 Å². The molecule has 1 nitrogen and oxygen atoms in total. The lowest BCUT2D eigenvalue weighted by atomic mass is 10.3. The highest BCUT2D eigenvalue weighted by molar-refractivity contribution is 4.67. The minimum atomic E-state index is 0.